The molecule has 0 spiro atoms. The van der Waals surface area contributed by atoms with Gasteiger partial charge in [-0.3, -0.25) is 4.79 Å². The summed E-state index contributed by atoms with van der Waals surface area (Å²) in [5.74, 6) is 0.115. The second-order valence-corrected chi connectivity index (χ2v) is 5.24. The minimum absolute atomic E-state index is 0.0513. The molecule has 2 aliphatic heterocycles. The van der Waals surface area contributed by atoms with E-state index in [1.54, 1.807) is 0 Å². The molecule has 3 atom stereocenters. The highest BCUT2D eigenvalue weighted by Crippen LogP contribution is 2.27. The van der Waals surface area contributed by atoms with Gasteiger partial charge in [0.15, 0.2) is 6.10 Å². The molecule has 1 aromatic rings. The lowest BCUT2D eigenvalue weighted by Gasteiger charge is -2.21. The van der Waals surface area contributed by atoms with Crippen LogP contribution in [0, 0.1) is 0 Å². The van der Waals surface area contributed by atoms with E-state index in [0.29, 0.717) is 13.2 Å². The smallest absolute Gasteiger partial charge is 0.254 e. The van der Waals surface area contributed by atoms with Gasteiger partial charge in [-0.2, -0.15) is 0 Å². The van der Waals surface area contributed by atoms with E-state index in [1.165, 1.54) is 5.56 Å². The SMILES string of the molecule is CC1CN(C(=O)C2CO2)CCC(c2ccccc2)O1. The molecule has 3 rings (SSSR count). The van der Waals surface area contributed by atoms with Crippen molar-refractivity contribution in [1.82, 2.24) is 4.90 Å². The molecule has 0 saturated carbocycles. The number of hydrogen-bond acceptors (Lipinski definition) is 3. The molecule has 0 radical (unpaired) electrons. The molecular formula is C15H19NO3. The Labute approximate surface area is 113 Å². The highest BCUT2D eigenvalue weighted by Gasteiger charge is 2.37. The van der Waals surface area contributed by atoms with Crippen LogP contribution in [0.25, 0.3) is 0 Å². The third kappa shape index (κ3) is 2.96. The highest BCUT2D eigenvalue weighted by molar-refractivity contribution is 5.83. The van der Waals surface area contributed by atoms with Gasteiger partial charge in [-0.05, 0) is 18.9 Å². The van der Waals surface area contributed by atoms with E-state index in [9.17, 15) is 4.79 Å². The number of carbonyl (C=O) groups is 1. The van der Waals surface area contributed by atoms with Crippen molar-refractivity contribution in [2.45, 2.75) is 31.7 Å². The normalized spacial score (nSPS) is 30.8. The molecule has 0 bridgehead atoms. The van der Waals surface area contributed by atoms with Gasteiger partial charge >= 0.3 is 0 Å². The molecule has 0 aliphatic carbocycles. The molecule has 2 aliphatic rings. The first-order valence-electron chi connectivity index (χ1n) is 6.85. The van der Waals surface area contributed by atoms with E-state index < -0.39 is 0 Å². The number of benzene rings is 1. The average Bonchev–Trinajstić information content (AvgIpc) is 3.26. The van der Waals surface area contributed by atoms with Gasteiger partial charge in [0.25, 0.3) is 5.91 Å². The summed E-state index contributed by atoms with van der Waals surface area (Å²) in [6, 6.07) is 10.2. The van der Waals surface area contributed by atoms with Crippen molar-refractivity contribution in [3.05, 3.63) is 35.9 Å². The van der Waals surface area contributed by atoms with Crippen molar-refractivity contribution >= 4 is 5.91 Å². The number of epoxide rings is 1. The minimum atomic E-state index is -0.194. The maximum Gasteiger partial charge on any atom is 0.254 e. The highest BCUT2D eigenvalue weighted by atomic mass is 16.6. The van der Waals surface area contributed by atoms with Crippen LogP contribution in [0.5, 0.6) is 0 Å². The molecule has 102 valence electrons. The summed E-state index contributed by atoms with van der Waals surface area (Å²) in [7, 11) is 0. The average molecular weight is 261 g/mol. The van der Waals surface area contributed by atoms with Gasteiger partial charge in [-0.25, -0.2) is 0 Å². The zero-order valence-corrected chi connectivity index (χ0v) is 11.1. The van der Waals surface area contributed by atoms with Gasteiger partial charge in [0.1, 0.15) is 0 Å². The zero-order valence-electron chi connectivity index (χ0n) is 11.1. The van der Waals surface area contributed by atoms with Crippen molar-refractivity contribution in [2.75, 3.05) is 19.7 Å². The van der Waals surface area contributed by atoms with Gasteiger partial charge in [0, 0.05) is 13.1 Å². The molecule has 3 unspecified atom stereocenters. The Balaban J connectivity index is 1.69. The zero-order chi connectivity index (χ0) is 13.2. The lowest BCUT2D eigenvalue weighted by Crippen LogP contribution is -2.38. The van der Waals surface area contributed by atoms with Crippen LogP contribution >= 0.6 is 0 Å². The molecular weight excluding hydrogens is 242 g/mol. The molecule has 2 fully saturated rings. The van der Waals surface area contributed by atoms with E-state index in [2.05, 4.69) is 12.1 Å². The van der Waals surface area contributed by atoms with Crippen molar-refractivity contribution in [2.24, 2.45) is 0 Å². The van der Waals surface area contributed by atoms with E-state index >= 15 is 0 Å². The van der Waals surface area contributed by atoms with Crippen LogP contribution in [-0.4, -0.2) is 42.7 Å². The Bertz CT molecular complexity index is 444. The lowest BCUT2D eigenvalue weighted by atomic mass is 10.1. The van der Waals surface area contributed by atoms with Crippen molar-refractivity contribution < 1.29 is 14.3 Å². The summed E-state index contributed by atoms with van der Waals surface area (Å²) < 4.78 is 11.1. The topological polar surface area (TPSA) is 42.1 Å². The minimum Gasteiger partial charge on any atom is -0.369 e. The fourth-order valence-corrected chi connectivity index (χ4v) is 2.57. The Morgan fingerprint density at radius 1 is 1.32 bits per heavy atom. The molecule has 0 N–H and O–H groups in total. The first-order valence-corrected chi connectivity index (χ1v) is 6.85. The van der Waals surface area contributed by atoms with Crippen molar-refractivity contribution in [3.63, 3.8) is 0 Å². The number of ether oxygens (including phenoxy) is 2. The fourth-order valence-electron chi connectivity index (χ4n) is 2.57. The molecule has 19 heavy (non-hydrogen) atoms. The Morgan fingerprint density at radius 2 is 2.05 bits per heavy atom. The molecule has 2 saturated heterocycles. The summed E-state index contributed by atoms with van der Waals surface area (Å²) in [6.45, 7) is 3.99. The van der Waals surface area contributed by atoms with Crippen LogP contribution in [0.4, 0.5) is 0 Å². The van der Waals surface area contributed by atoms with Gasteiger partial charge < -0.3 is 14.4 Å². The fraction of sp³-hybridized carbons (Fsp3) is 0.533. The first-order chi connectivity index (χ1) is 9.24. The van der Waals surface area contributed by atoms with Gasteiger partial charge in [-0.15, -0.1) is 0 Å². The van der Waals surface area contributed by atoms with Gasteiger partial charge in [0.2, 0.25) is 0 Å². The Hall–Kier alpha value is -1.39. The number of nitrogens with zero attached hydrogens (tertiary/aromatic N) is 1. The molecule has 2 heterocycles. The third-order valence-corrected chi connectivity index (χ3v) is 3.63. The molecule has 4 nitrogen and oxygen atoms in total. The second kappa shape index (κ2) is 5.31. The standard InChI is InChI=1S/C15H19NO3/c1-11-9-16(15(17)14-10-18-14)8-7-13(19-11)12-5-3-2-4-6-12/h2-6,11,13-14H,7-10H2,1H3. The molecule has 1 aromatic carbocycles. The van der Waals surface area contributed by atoms with E-state index in [-0.39, 0.29) is 24.2 Å². The first kappa shape index (κ1) is 12.6. The number of amides is 1. The summed E-state index contributed by atoms with van der Waals surface area (Å²) in [6.07, 6.45) is 0.775. The Kier molecular flexibility index (Phi) is 3.53. The van der Waals surface area contributed by atoms with E-state index in [1.807, 2.05) is 30.0 Å². The summed E-state index contributed by atoms with van der Waals surface area (Å²) in [4.78, 5) is 13.9. The van der Waals surface area contributed by atoms with Crippen LogP contribution < -0.4 is 0 Å². The largest absolute Gasteiger partial charge is 0.369 e. The number of carbonyl (C=O) groups excluding carboxylic acids is 1. The summed E-state index contributed by atoms with van der Waals surface area (Å²) in [5, 5.41) is 0. The van der Waals surface area contributed by atoms with Gasteiger partial charge in [0.05, 0.1) is 18.8 Å². The molecule has 1 amide bonds. The van der Waals surface area contributed by atoms with Crippen LogP contribution in [-0.2, 0) is 14.3 Å². The summed E-state index contributed by atoms with van der Waals surface area (Å²) >= 11 is 0. The second-order valence-electron chi connectivity index (χ2n) is 5.24. The maximum atomic E-state index is 12.0. The van der Waals surface area contributed by atoms with Crippen molar-refractivity contribution in [3.8, 4) is 0 Å². The Morgan fingerprint density at radius 3 is 2.74 bits per heavy atom. The van der Waals surface area contributed by atoms with Crippen LogP contribution in [0.15, 0.2) is 30.3 Å². The number of rotatable bonds is 2. The van der Waals surface area contributed by atoms with Crippen LogP contribution in [0.3, 0.4) is 0 Å². The number of hydrogen-bond donors (Lipinski definition) is 0. The lowest BCUT2D eigenvalue weighted by molar-refractivity contribution is -0.133. The predicted octanol–water partition coefficient (Wildman–Crippen LogP) is 1.76. The maximum absolute atomic E-state index is 12.0. The van der Waals surface area contributed by atoms with Crippen molar-refractivity contribution in [1.29, 1.82) is 0 Å². The monoisotopic (exact) mass is 261 g/mol. The molecule has 0 aromatic heterocycles. The third-order valence-electron chi connectivity index (χ3n) is 3.63. The summed E-state index contributed by atoms with van der Waals surface area (Å²) in [5.41, 5.74) is 1.19. The van der Waals surface area contributed by atoms with Crippen LogP contribution in [0.1, 0.15) is 25.0 Å². The van der Waals surface area contributed by atoms with E-state index in [4.69, 9.17) is 9.47 Å². The predicted molar refractivity (Wildman–Crippen MR) is 70.7 cm³/mol. The van der Waals surface area contributed by atoms with Crippen LogP contribution in [0.2, 0.25) is 0 Å². The van der Waals surface area contributed by atoms with Gasteiger partial charge in [-0.1, -0.05) is 30.3 Å². The van der Waals surface area contributed by atoms with E-state index in [0.717, 1.165) is 13.0 Å². The molecule has 4 heteroatoms. The quantitative estimate of drug-likeness (QED) is 0.762.